The molecule has 2 rings (SSSR count). The number of carbonyl (C=O) groups excluding carboxylic acids is 1. The largest absolute Gasteiger partial charge is 0.508 e. The number of amides is 1. The van der Waals surface area contributed by atoms with Gasteiger partial charge in [0.2, 0.25) is 5.91 Å². The van der Waals surface area contributed by atoms with Crippen LogP contribution in [-0.2, 0) is 17.6 Å². The van der Waals surface area contributed by atoms with Crippen LogP contribution >= 0.6 is 0 Å². The highest BCUT2D eigenvalue weighted by atomic mass is 16.5. The normalized spacial score (nSPS) is 10.3. The number of methoxy groups -OCH3 is 1. The monoisotopic (exact) mass is 313 g/mol. The number of ether oxygens (including phenoxy) is 1. The lowest BCUT2D eigenvalue weighted by molar-refractivity contribution is -0.121. The summed E-state index contributed by atoms with van der Waals surface area (Å²) < 4.78 is 5.17. The molecule has 2 aromatic carbocycles. The smallest absolute Gasteiger partial charge is 0.220 e. The molecule has 0 saturated carbocycles. The Bertz CT molecular complexity index is 623. The van der Waals surface area contributed by atoms with Crippen LogP contribution in [-0.4, -0.2) is 24.7 Å². The fraction of sp³-hybridized carbons (Fsp3) is 0.316. The van der Waals surface area contributed by atoms with Crippen molar-refractivity contribution >= 4 is 5.91 Å². The van der Waals surface area contributed by atoms with Crippen molar-refractivity contribution in [1.29, 1.82) is 0 Å². The highest BCUT2D eigenvalue weighted by molar-refractivity contribution is 5.76. The topological polar surface area (TPSA) is 58.6 Å². The first kappa shape index (κ1) is 16.9. The van der Waals surface area contributed by atoms with Crippen molar-refractivity contribution in [1.82, 2.24) is 5.32 Å². The highest BCUT2D eigenvalue weighted by Crippen LogP contribution is 2.14. The van der Waals surface area contributed by atoms with E-state index in [0.29, 0.717) is 19.4 Å². The van der Waals surface area contributed by atoms with E-state index in [-0.39, 0.29) is 11.7 Å². The molecule has 1 amide bonds. The Balaban J connectivity index is 1.64. The summed E-state index contributed by atoms with van der Waals surface area (Å²) in [5.74, 6) is 1.16. The second-order valence-electron chi connectivity index (χ2n) is 5.47. The SMILES string of the molecule is COc1cccc(CCC(=O)NCCCc2ccc(O)cc2)c1. The van der Waals surface area contributed by atoms with E-state index < -0.39 is 0 Å². The molecule has 0 unspecified atom stereocenters. The quantitative estimate of drug-likeness (QED) is 0.736. The van der Waals surface area contributed by atoms with Crippen LogP contribution in [0.2, 0.25) is 0 Å². The number of carbonyl (C=O) groups is 1. The number of hydrogen-bond acceptors (Lipinski definition) is 3. The van der Waals surface area contributed by atoms with Gasteiger partial charge >= 0.3 is 0 Å². The van der Waals surface area contributed by atoms with Crippen LogP contribution < -0.4 is 10.1 Å². The van der Waals surface area contributed by atoms with Crippen LogP contribution in [0.5, 0.6) is 11.5 Å². The molecule has 0 bridgehead atoms. The van der Waals surface area contributed by atoms with Crippen LogP contribution in [0, 0.1) is 0 Å². The van der Waals surface area contributed by atoms with Crippen molar-refractivity contribution in [3.63, 3.8) is 0 Å². The number of rotatable bonds is 8. The Morgan fingerprint density at radius 2 is 1.87 bits per heavy atom. The number of benzene rings is 2. The maximum absolute atomic E-state index is 11.9. The zero-order valence-electron chi connectivity index (χ0n) is 13.4. The Labute approximate surface area is 137 Å². The van der Waals surface area contributed by atoms with Gasteiger partial charge in [0.15, 0.2) is 0 Å². The Morgan fingerprint density at radius 1 is 1.09 bits per heavy atom. The molecular formula is C19H23NO3. The fourth-order valence-corrected chi connectivity index (χ4v) is 2.36. The van der Waals surface area contributed by atoms with Crippen molar-refractivity contribution in [3.8, 4) is 11.5 Å². The molecule has 0 radical (unpaired) electrons. The molecule has 122 valence electrons. The molecule has 2 N–H and O–H groups in total. The van der Waals surface area contributed by atoms with Gasteiger partial charge in [-0.25, -0.2) is 0 Å². The molecule has 0 heterocycles. The van der Waals surface area contributed by atoms with Crippen molar-refractivity contribution in [2.75, 3.05) is 13.7 Å². The standard InChI is InChI=1S/C19H23NO3/c1-23-18-6-2-4-16(14-18)9-12-19(22)20-13-3-5-15-7-10-17(21)11-8-15/h2,4,6-8,10-11,14,21H,3,5,9,12-13H2,1H3,(H,20,22). The Morgan fingerprint density at radius 3 is 2.61 bits per heavy atom. The minimum atomic E-state index is 0.0681. The third kappa shape index (κ3) is 6.02. The van der Waals surface area contributed by atoms with Gasteiger partial charge in [-0.15, -0.1) is 0 Å². The summed E-state index contributed by atoms with van der Waals surface area (Å²) in [4.78, 5) is 11.9. The van der Waals surface area contributed by atoms with Crippen LogP contribution in [0.4, 0.5) is 0 Å². The predicted octanol–water partition coefficient (Wildman–Crippen LogP) is 3.08. The molecule has 0 spiro atoms. The third-order valence-electron chi connectivity index (χ3n) is 3.68. The first-order chi connectivity index (χ1) is 11.2. The van der Waals surface area contributed by atoms with Gasteiger partial charge in [0, 0.05) is 13.0 Å². The van der Waals surface area contributed by atoms with Crippen LogP contribution in [0.3, 0.4) is 0 Å². The lowest BCUT2D eigenvalue weighted by Crippen LogP contribution is -2.24. The average Bonchev–Trinajstić information content (AvgIpc) is 2.58. The molecule has 0 saturated heterocycles. The molecule has 4 nitrogen and oxygen atoms in total. The van der Waals surface area contributed by atoms with Crippen LogP contribution in [0.15, 0.2) is 48.5 Å². The van der Waals surface area contributed by atoms with Gasteiger partial charge in [0.05, 0.1) is 7.11 Å². The van der Waals surface area contributed by atoms with E-state index in [4.69, 9.17) is 4.74 Å². The molecular weight excluding hydrogens is 290 g/mol. The van der Waals surface area contributed by atoms with Crippen molar-refractivity contribution in [2.24, 2.45) is 0 Å². The third-order valence-corrected chi connectivity index (χ3v) is 3.68. The minimum absolute atomic E-state index is 0.0681. The zero-order valence-corrected chi connectivity index (χ0v) is 13.4. The first-order valence-corrected chi connectivity index (χ1v) is 7.85. The van der Waals surface area contributed by atoms with E-state index in [9.17, 15) is 9.90 Å². The zero-order chi connectivity index (χ0) is 16.5. The summed E-state index contributed by atoms with van der Waals surface area (Å²) in [6.07, 6.45) is 2.96. The maximum atomic E-state index is 11.9. The summed E-state index contributed by atoms with van der Waals surface area (Å²) in [7, 11) is 1.64. The number of phenolic OH excluding ortho intramolecular Hbond substituents is 1. The van der Waals surface area contributed by atoms with Gasteiger partial charge in [-0.2, -0.15) is 0 Å². The summed E-state index contributed by atoms with van der Waals surface area (Å²) in [5.41, 5.74) is 2.26. The molecule has 0 atom stereocenters. The molecule has 23 heavy (non-hydrogen) atoms. The van der Waals surface area contributed by atoms with E-state index >= 15 is 0 Å². The van der Waals surface area contributed by atoms with Crippen LogP contribution in [0.25, 0.3) is 0 Å². The fourth-order valence-electron chi connectivity index (χ4n) is 2.36. The molecule has 0 fully saturated rings. The second-order valence-corrected chi connectivity index (χ2v) is 5.47. The lowest BCUT2D eigenvalue weighted by Gasteiger charge is -2.07. The van der Waals surface area contributed by atoms with Crippen molar-refractivity contribution in [2.45, 2.75) is 25.7 Å². The Hall–Kier alpha value is -2.49. The van der Waals surface area contributed by atoms with Gasteiger partial charge in [-0.1, -0.05) is 24.3 Å². The highest BCUT2D eigenvalue weighted by Gasteiger charge is 2.03. The van der Waals surface area contributed by atoms with Gasteiger partial charge in [-0.05, 0) is 54.7 Å². The van der Waals surface area contributed by atoms with Crippen molar-refractivity contribution in [3.05, 3.63) is 59.7 Å². The molecule has 0 aromatic heterocycles. The van der Waals surface area contributed by atoms with Crippen LogP contribution in [0.1, 0.15) is 24.0 Å². The lowest BCUT2D eigenvalue weighted by atomic mass is 10.1. The molecule has 0 aliphatic rings. The van der Waals surface area contributed by atoms with Gasteiger partial charge in [0.25, 0.3) is 0 Å². The van der Waals surface area contributed by atoms with Gasteiger partial charge < -0.3 is 15.2 Å². The second kappa shape index (κ2) is 8.83. The van der Waals surface area contributed by atoms with E-state index in [0.717, 1.165) is 29.7 Å². The summed E-state index contributed by atoms with van der Waals surface area (Å²) in [6, 6.07) is 15.0. The van der Waals surface area contributed by atoms with Gasteiger partial charge in [-0.3, -0.25) is 4.79 Å². The number of phenols is 1. The summed E-state index contributed by atoms with van der Waals surface area (Å²) in [6.45, 7) is 0.665. The number of aryl methyl sites for hydroxylation is 2. The first-order valence-electron chi connectivity index (χ1n) is 7.85. The predicted molar refractivity (Wildman–Crippen MR) is 90.8 cm³/mol. The van der Waals surface area contributed by atoms with E-state index in [1.54, 1.807) is 19.2 Å². The Kier molecular flexibility index (Phi) is 6.48. The molecule has 2 aromatic rings. The summed E-state index contributed by atoms with van der Waals surface area (Å²) >= 11 is 0. The number of hydrogen-bond donors (Lipinski definition) is 2. The molecule has 4 heteroatoms. The summed E-state index contributed by atoms with van der Waals surface area (Å²) in [5, 5.41) is 12.2. The van der Waals surface area contributed by atoms with E-state index in [1.807, 2.05) is 36.4 Å². The van der Waals surface area contributed by atoms with Gasteiger partial charge in [0.1, 0.15) is 11.5 Å². The number of aromatic hydroxyl groups is 1. The molecule has 0 aliphatic heterocycles. The van der Waals surface area contributed by atoms with E-state index in [2.05, 4.69) is 5.32 Å². The van der Waals surface area contributed by atoms with E-state index in [1.165, 1.54) is 0 Å². The number of nitrogens with one attached hydrogen (secondary N) is 1. The molecule has 0 aliphatic carbocycles. The maximum Gasteiger partial charge on any atom is 0.220 e. The minimum Gasteiger partial charge on any atom is -0.508 e. The van der Waals surface area contributed by atoms with Crippen molar-refractivity contribution < 1.29 is 14.6 Å². The average molecular weight is 313 g/mol.